The lowest BCUT2D eigenvalue weighted by molar-refractivity contribution is -0.109. The maximum absolute atomic E-state index is 6.21. The molecule has 2 saturated heterocycles. The first-order chi connectivity index (χ1) is 19.9. The van der Waals surface area contributed by atoms with Crippen LogP contribution in [0.3, 0.4) is 0 Å². The number of H-pyrrole nitrogens is 1. The van der Waals surface area contributed by atoms with Crippen molar-refractivity contribution in [3.05, 3.63) is 30.6 Å². The van der Waals surface area contributed by atoms with Gasteiger partial charge < -0.3 is 24.0 Å². The summed E-state index contributed by atoms with van der Waals surface area (Å²) in [5, 5.41) is 8.81. The number of ether oxygens (including phenoxy) is 3. The Morgan fingerprint density at radius 3 is 2.59 bits per heavy atom. The van der Waals surface area contributed by atoms with Gasteiger partial charge in [0.2, 0.25) is 0 Å². The van der Waals surface area contributed by atoms with E-state index in [0.29, 0.717) is 6.04 Å². The molecule has 1 aromatic carbocycles. The molecule has 0 spiro atoms. The lowest BCUT2D eigenvalue weighted by atomic mass is 9.95. The lowest BCUT2D eigenvalue weighted by Crippen LogP contribution is -2.54. The van der Waals surface area contributed by atoms with E-state index in [1.165, 1.54) is 19.4 Å². The second-order valence-corrected chi connectivity index (χ2v) is 12.4. The van der Waals surface area contributed by atoms with Crippen LogP contribution in [0.5, 0.6) is 5.75 Å². The number of anilines is 1. The first-order valence-corrected chi connectivity index (χ1v) is 15.2. The van der Waals surface area contributed by atoms with Crippen LogP contribution in [-0.2, 0) is 9.47 Å². The van der Waals surface area contributed by atoms with Gasteiger partial charge in [0, 0.05) is 70.9 Å². The maximum atomic E-state index is 6.21. The minimum atomic E-state index is -0.0995. The highest BCUT2D eigenvalue weighted by atomic mass is 16.7. The van der Waals surface area contributed by atoms with Crippen LogP contribution < -0.4 is 9.64 Å². The van der Waals surface area contributed by atoms with Gasteiger partial charge in [-0.15, -0.1) is 0 Å². The molecular weight excluding hydrogens is 518 g/mol. The van der Waals surface area contributed by atoms with Crippen molar-refractivity contribution in [2.45, 2.75) is 63.9 Å². The number of likely N-dealkylation sites (tertiary alicyclic amines) is 1. The molecule has 0 radical (unpaired) electrons. The third kappa shape index (κ3) is 6.66. The second kappa shape index (κ2) is 12.2. The van der Waals surface area contributed by atoms with Crippen LogP contribution in [0.15, 0.2) is 30.6 Å². The summed E-state index contributed by atoms with van der Waals surface area (Å²) in [6.07, 6.45) is 7.23. The van der Waals surface area contributed by atoms with Crippen molar-refractivity contribution in [1.29, 1.82) is 0 Å². The molecule has 0 unspecified atom stereocenters. The number of nitrogens with zero attached hydrogens (tertiary/aromatic N) is 6. The molecular formula is C31H45N7O3. The Morgan fingerprint density at radius 2 is 1.85 bits per heavy atom. The average Bonchev–Trinajstić information content (AvgIpc) is 3.57. The van der Waals surface area contributed by atoms with Crippen molar-refractivity contribution in [2.75, 3.05) is 64.9 Å². The van der Waals surface area contributed by atoms with Crippen molar-refractivity contribution in [1.82, 2.24) is 30.0 Å². The molecule has 2 aromatic heterocycles. The first kappa shape index (κ1) is 28.3. The number of rotatable bonds is 11. The molecule has 1 saturated carbocycles. The molecule has 6 rings (SSSR count). The van der Waals surface area contributed by atoms with Crippen LogP contribution in [0, 0.1) is 5.92 Å². The fourth-order valence-corrected chi connectivity index (χ4v) is 6.28. The average molecular weight is 564 g/mol. The summed E-state index contributed by atoms with van der Waals surface area (Å²) < 4.78 is 16.9. The van der Waals surface area contributed by atoms with E-state index in [1.54, 1.807) is 20.5 Å². The smallest absolute Gasteiger partial charge is 0.158 e. The summed E-state index contributed by atoms with van der Waals surface area (Å²) in [4.78, 5) is 16.9. The minimum Gasteiger partial charge on any atom is -0.488 e. The van der Waals surface area contributed by atoms with Gasteiger partial charge in [0.25, 0.3) is 0 Å². The molecule has 0 bridgehead atoms. The number of hydrogen-bond acceptors (Lipinski definition) is 9. The van der Waals surface area contributed by atoms with Gasteiger partial charge in [-0.25, -0.2) is 9.97 Å². The van der Waals surface area contributed by atoms with E-state index in [4.69, 9.17) is 14.2 Å². The number of aromatic nitrogens is 4. The summed E-state index contributed by atoms with van der Waals surface area (Å²) in [7, 11) is 3.43. The minimum absolute atomic E-state index is 0.0197. The van der Waals surface area contributed by atoms with Crippen molar-refractivity contribution in [2.24, 2.45) is 5.92 Å². The summed E-state index contributed by atoms with van der Waals surface area (Å²) in [6, 6.07) is 8.70. The zero-order valence-corrected chi connectivity index (χ0v) is 25.0. The molecule has 3 fully saturated rings. The molecule has 2 aliphatic heterocycles. The van der Waals surface area contributed by atoms with Crippen LogP contribution >= 0.6 is 0 Å². The number of benzene rings is 1. The Hall–Kier alpha value is -2.79. The quantitative estimate of drug-likeness (QED) is 0.345. The molecule has 41 heavy (non-hydrogen) atoms. The molecule has 0 amide bonds. The number of methoxy groups -OCH3 is 2. The highest BCUT2D eigenvalue weighted by Crippen LogP contribution is 2.40. The van der Waals surface area contributed by atoms with E-state index in [9.17, 15) is 0 Å². The van der Waals surface area contributed by atoms with Crippen LogP contribution in [0.1, 0.15) is 46.0 Å². The van der Waals surface area contributed by atoms with Gasteiger partial charge in [0.1, 0.15) is 29.2 Å². The van der Waals surface area contributed by atoms with Gasteiger partial charge in [-0.05, 0) is 76.7 Å². The highest BCUT2D eigenvalue weighted by Gasteiger charge is 2.40. The van der Waals surface area contributed by atoms with Gasteiger partial charge in [0.05, 0.1) is 11.2 Å². The van der Waals surface area contributed by atoms with Crippen LogP contribution in [0.2, 0.25) is 0 Å². The van der Waals surface area contributed by atoms with Crippen LogP contribution in [0.4, 0.5) is 5.82 Å². The van der Waals surface area contributed by atoms with Crippen molar-refractivity contribution in [3.8, 4) is 17.1 Å². The van der Waals surface area contributed by atoms with Crippen molar-refractivity contribution < 1.29 is 14.2 Å². The monoisotopic (exact) mass is 563 g/mol. The summed E-state index contributed by atoms with van der Waals surface area (Å²) >= 11 is 0. The predicted octanol–water partition coefficient (Wildman–Crippen LogP) is 4.18. The molecule has 10 heteroatoms. The topological polar surface area (TPSA) is 91.9 Å². The first-order valence-electron chi connectivity index (χ1n) is 15.2. The summed E-state index contributed by atoms with van der Waals surface area (Å²) in [5.74, 6) is 2.61. The van der Waals surface area contributed by atoms with Gasteiger partial charge in [-0.2, -0.15) is 5.10 Å². The number of aromatic amines is 1. The molecule has 222 valence electrons. The fraction of sp³-hybridized carbons (Fsp3) is 0.645. The van der Waals surface area contributed by atoms with E-state index in [-0.39, 0.29) is 11.9 Å². The molecule has 10 nitrogen and oxygen atoms in total. The van der Waals surface area contributed by atoms with Crippen LogP contribution in [-0.4, -0.2) is 108 Å². The number of hydrogen-bond donors (Lipinski definition) is 1. The predicted molar refractivity (Wildman–Crippen MR) is 160 cm³/mol. The van der Waals surface area contributed by atoms with Gasteiger partial charge >= 0.3 is 0 Å². The summed E-state index contributed by atoms with van der Waals surface area (Å²) in [5.41, 5.74) is 2.64. The number of fused-ring (bicyclic) bond motifs is 1. The number of nitrogens with one attached hydrogen (secondary N) is 1. The lowest BCUT2D eigenvalue weighted by Gasteiger charge is -2.43. The third-order valence-electron chi connectivity index (χ3n) is 9.24. The van der Waals surface area contributed by atoms with E-state index in [2.05, 4.69) is 60.8 Å². The maximum Gasteiger partial charge on any atom is 0.158 e. The Morgan fingerprint density at radius 1 is 1.05 bits per heavy atom. The van der Waals surface area contributed by atoms with E-state index >= 15 is 0 Å². The zero-order chi connectivity index (χ0) is 28.4. The van der Waals surface area contributed by atoms with Crippen LogP contribution in [0.25, 0.3) is 22.3 Å². The molecule has 1 atom stereocenters. The van der Waals surface area contributed by atoms with Gasteiger partial charge in [0.15, 0.2) is 6.29 Å². The van der Waals surface area contributed by atoms with Crippen molar-refractivity contribution in [3.63, 3.8) is 0 Å². The second-order valence-electron chi connectivity index (χ2n) is 12.4. The molecule has 3 aliphatic rings. The molecule has 3 aromatic rings. The molecule has 4 heterocycles. The van der Waals surface area contributed by atoms with Gasteiger partial charge in [-0.1, -0.05) is 0 Å². The molecule has 1 N–H and O–H groups in total. The number of piperidine rings is 1. The Balaban J connectivity index is 1.04. The Kier molecular flexibility index (Phi) is 8.44. The van der Waals surface area contributed by atoms with Gasteiger partial charge in [-0.3, -0.25) is 10.00 Å². The van der Waals surface area contributed by atoms with Crippen molar-refractivity contribution >= 4 is 16.7 Å². The summed E-state index contributed by atoms with van der Waals surface area (Å²) in [6.45, 7) is 12.0. The standard InChI is InChI=1S/C31H45N7O3/c1-22-19-38(16-15-37(22)20-23-7-12-36(13-8-23)14-9-29(39-3)40-4)28-18-27(32-21-33-28)30-25-17-24(41-31(2)10-11-31)5-6-26(25)34-35-30/h5-6,17-18,21-23,29H,7-16,19-20H2,1-4H3,(H,34,35)/t22-/m0/s1. The fourth-order valence-electron chi connectivity index (χ4n) is 6.28. The zero-order valence-electron chi connectivity index (χ0n) is 25.0. The number of piperazine rings is 1. The van der Waals surface area contributed by atoms with E-state index in [0.717, 1.165) is 98.3 Å². The third-order valence-corrected chi connectivity index (χ3v) is 9.24. The normalized spacial score (nSPS) is 22.1. The SMILES string of the molecule is COC(CCN1CCC(CN2CCN(c3cc(-c4n[nH]c5ccc(OC6(C)CC6)cc45)ncn3)C[C@@H]2C)CC1)OC. The van der Waals surface area contributed by atoms with E-state index < -0.39 is 0 Å². The molecule has 1 aliphatic carbocycles. The van der Waals surface area contributed by atoms with E-state index in [1.807, 2.05) is 12.1 Å². The largest absolute Gasteiger partial charge is 0.488 e. The Bertz CT molecular complexity index is 1300. The Labute approximate surface area is 243 Å². The highest BCUT2D eigenvalue weighted by molar-refractivity contribution is 5.93.